The van der Waals surface area contributed by atoms with Gasteiger partial charge in [-0.1, -0.05) is 25.2 Å². The van der Waals surface area contributed by atoms with E-state index < -0.39 is 0 Å². The molecular weight excluding hydrogens is 262 g/mol. The molecule has 2 rings (SSSR count). The monoisotopic (exact) mass is 285 g/mol. The van der Waals surface area contributed by atoms with Gasteiger partial charge in [0.1, 0.15) is 5.01 Å². The molecule has 1 N–H and O–H groups in total. The molecule has 0 spiro atoms. The van der Waals surface area contributed by atoms with Crippen molar-refractivity contribution in [3.8, 4) is 5.19 Å². The zero-order valence-corrected chi connectivity index (χ0v) is 12.5. The van der Waals surface area contributed by atoms with Crippen molar-refractivity contribution in [2.24, 2.45) is 11.8 Å². The maximum Gasteiger partial charge on any atom is 0.294 e. The fourth-order valence-electron chi connectivity index (χ4n) is 1.94. The molecule has 6 heteroatoms. The minimum atomic E-state index is 0.597. The molecule has 0 atom stereocenters. The third-order valence-electron chi connectivity index (χ3n) is 3.06. The Balaban J connectivity index is 1.68. The molecular formula is C13H23N3O2S. The first-order valence-electron chi connectivity index (χ1n) is 6.97. The molecule has 1 aromatic rings. The molecule has 0 unspecified atom stereocenters. The second-order valence-electron chi connectivity index (χ2n) is 5.35. The van der Waals surface area contributed by atoms with Crippen molar-refractivity contribution >= 4 is 11.3 Å². The number of hydrogen-bond donors (Lipinski definition) is 1. The van der Waals surface area contributed by atoms with Crippen LogP contribution in [0.2, 0.25) is 0 Å². The Morgan fingerprint density at radius 3 is 2.89 bits per heavy atom. The van der Waals surface area contributed by atoms with Gasteiger partial charge in [0.2, 0.25) is 0 Å². The van der Waals surface area contributed by atoms with Crippen molar-refractivity contribution in [3.63, 3.8) is 0 Å². The van der Waals surface area contributed by atoms with Crippen LogP contribution in [0.15, 0.2) is 0 Å². The second-order valence-corrected chi connectivity index (χ2v) is 6.38. The normalized spacial score (nSPS) is 17.0. The predicted molar refractivity (Wildman–Crippen MR) is 75.5 cm³/mol. The summed E-state index contributed by atoms with van der Waals surface area (Å²) in [6, 6.07) is 0. The van der Waals surface area contributed by atoms with Crippen LogP contribution in [0.3, 0.4) is 0 Å². The average Bonchev–Trinajstić information content (AvgIpc) is 2.85. The van der Waals surface area contributed by atoms with Gasteiger partial charge in [0.15, 0.2) is 0 Å². The Morgan fingerprint density at radius 2 is 2.16 bits per heavy atom. The van der Waals surface area contributed by atoms with E-state index in [2.05, 4.69) is 29.4 Å². The topological polar surface area (TPSA) is 56.3 Å². The Labute approximate surface area is 118 Å². The molecule has 1 saturated heterocycles. The van der Waals surface area contributed by atoms with Crippen molar-refractivity contribution in [2.75, 3.05) is 26.4 Å². The highest BCUT2D eigenvalue weighted by Gasteiger charge is 2.15. The zero-order valence-electron chi connectivity index (χ0n) is 11.7. The Kier molecular flexibility index (Phi) is 6.00. The highest BCUT2D eigenvalue weighted by Crippen LogP contribution is 2.21. The minimum absolute atomic E-state index is 0.597. The number of rotatable bonds is 7. The summed E-state index contributed by atoms with van der Waals surface area (Å²) in [7, 11) is 0. The molecule has 1 aliphatic heterocycles. The van der Waals surface area contributed by atoms with Crippen molar-refractivity contribution in [1.82, 2.24) is 15.5 Å². The van der Waals surface area contributed by atoms with E-state index in [1.54, 1.807) is 0 Å². The summed E-state index contributed by atoms with van der Waals surface area (Å²) in [5.74, 6) is 1.25. The van der Waals surface area contributed by atoms with E-state index in [4.69, 9.17) is 9.47 Å². The molecule has 1 aromatic heterocycles. The van der Waals surface area contributed by atoms with Crippen molar-refractivity contribution in [2.45, 2.75) is 33.2 Å². The zero-order chi connectivity index (χ0) is 13.5. The van der Waals surface area contributed by atoms with E-state index >= 15 is 0 Å². The highest BCUT2D eigenvalue weighted by molar-refractivity contribution is 7.13. The molecule has 1 aliphatic rings. The molecule has 19 heavy (non-hydrogen) atoms. The first-order valence-corrected chi connectivity index (χ1v) is 7.79. The molecule has 0 bridgehead atoms. The van der Waals surface area contributed by atoms with Crippen molar-refractivity contribution in [3.05, 3.63) is 5.01 Å². The predicted octanol–water partition coefficient (Wildman–Crippen LogP) is 2.09. The number of hydrogen-bond acceptors (Lipinski definition) is 6. The first kappa shape index (κ1) is 14.7. The fraction of sp³-hybridized carbons (Fsp3) is 0.846. The SMILES string of the molecule is CC(C)CNCc1nnc(OCC2CCOCC2)s1. The van der Waals surface area contributed by atoms with Crippen molar-refractivity contribution < 1.29 is 9.47 Å². The molecule has 5 nitrogen and oxygen atoms in total. The minimum Gasteiger partial charge on any atom is -0.469 e. The van der Waals surface area contributed by atoms with E-state index in [1.165, 1.54) is 11.3 Å². The standard InChI is InChI=1S/C13H23N3O2S/c1-10(2)7-14-8-12-15-16-13(19-12)18-9-11-3-5-17-6-4-11/h10-11,14H,3-9H2,1-2H3. The van der Waals surface area contributed by atoms with E-state index in [0.29, 0.717) is 17.0 Å². The maximum atomic E-state index is 5.72. The third-order valence-corrected chi connectivity index (χ3v) is 3.90. The summed E-state index contributed by atoms with van der Waals surface area (Å²) in [5.41, 5.74) is 0. The van der Waals surface area contributed by atoms with Crippen LogP contribution in [0, 0.1) is 11.8 Å². The smallest absolute Gasteiger partial charge is 0.294 e. The molecule has 0 saturated carbocycles. The molecule has 1 fully saturated rings. The Hall–Kier alpha value is -0.720. The average molecular weight is 285 g/mol. The lowest BCUT2D eigenvalue weighted by atomic mass is 10.0. The van der Waals surface area contributed by atoms with Gasteiger partial charge >= 0.3 is 0 Å². The van der Waals surface area contributed by atoms with Crippen LogP contribution in [-0.2, 0) is 11.3 Å². The molecule has 0 radical (unpaired) electrons. The van der Waals surface area contributed by atoms with Crippen LogP contribution in [0.1, 0.15) is 31.7 Å². The number of nitrogens with zero attached hydrogens (tertiary/aromatic N) is 2. The van der Waals surface area contributed by atoms with Gasteiger partial charge in [-0.25, -0.2) is 0 Å². The van der Waals surface area contributed by atoms with Crippen molar-refractivity contribution in [1.29, 1.82) is 0 Å². The summed E-state index contributed by atoms with van der Waals surface area (Å²) in [6.45, 7) is 8.60. The highest BCUT2D eigenvalue weighted by atomic mass is 32.1. The fourth-order valence-corrected chi connectivity index (χ4v) is 2.60. The summed E-state index contributed by atoms with van der Waals surface area (Å²) in [4.78, 5) is 0. The lowest BCUT2D eigenvalue weighted by Gasteiger charge is -2.21. The summed E-state index contributed by atoms with van der Waals surface area (Å²) in [6.07, 6.45) is 2.17. The molecule has 108 valence electrons. The van der Waals surface area contributed by atoms with E-state index in [1.807, 2.05) is 0 Å². The largest absolute Gasteiger partial charge is 0.469 e. The second kappa shape index (κ2) is 7.77. The van der Waals surface area contributed by atoms with Crippen LogP contribution < -0.4 is 10.1 Å². The van der Waals surface area contributed by atoms with E-state index in [0.717, 1.165) is 50.8 Å². The number of nitrogens with one attached hydrogen (secondary N) is 1. The van der Waals surface area contributed by atoms with E-state index in [-0.39, 0.29) is 0 Å². The van der Waals surface area contributed by atoms with E-state index in [9.17, 15) is 0 Å². The van der Waals surface area contributed by atoms with Gasteiger partial charge in [-0.3, -0.25) is 0 Å². The van der Waals surface area contributed by atoms with Crippen LogP contribution in [-0.4, -0.2) is 36.6 Å². The van der Waals surface area contributed by atoms with Gasteiger partial charge in [-0.05, 0) is 31.2 Å². The molecule has 0 amide bonds. The maximum absolute atomic E-state index is 5.72. The number of ether oxygens (including phenoxy) is 2. The van der Waals surface area contributed by atoms with Gasteiger partial charge in [-0.2, -0.15) is 0 Å². The van der Waals surface area contributed by atoms with Crippen LogP contribution >= 0.6 is 11.3 Å². The van der Waals surface area contributed by atoms with Gasteiger partial charge < -0.3 is 14.8 Å². The van der Waals surface area contributed by atoms with Gasteiger partial charge in [0.05, 0.1) is 6.61 Å². The molecule has 2 heterocycles. The Morgan fingerprint density at radius 1 is 1.37 bits per heavy atom. The van der Waals surface area contributed by atoms with Gasteiger partial charge in [0.25, 0.3) is 5.19 Å². The molecule has 0 aliphatic carbocycles. The summed E-state index contributed by atoms with van der Waals surface area (Å²) < 4.78 is 11.0. The third kappa shape index (κ3) is 5.42. The van der Waals surface area contributed by atoms with Crippen LogP contribution in [0.25, 0.3) is 0 Å². The molecule has 0 aromatic carbocycles. The quantitative estimate of drug-likeness (QED) is 0.831. The van der Waals surface area contributed by atoms with Crippen LogP contribution in [0.5, 0.6) is 5.19 Å². The van der Waals surface area contributed by atoms with Gasteiger partial charge in [-0.15, -0.1) is 10.2 Å². The van der Waals surface area contributed by atoms with Gasteiger partial charge in [0, 0.05) is 19.8 Å². The first-order chi connectivity index (χ1) is 9.24. The summed E-state index contributed by atoms with van der Waals surface area (Å²) in [5, 5.41) is 13.2. The van der Waals surface area contributed by atoms with Crippen LogP contribution in [0.4, 0.5) is 0 Å². The lowest BCUT2D eigenvalue weighted by molar-refractivity contribution is 0.0496. The summed E-state index contributed by atoms with van der Waals surface area (Å²) >= 11 is 1.53. The Bertz CT molecular complexity index is 365. The lowest BCUT2D eigenvalue weighted by Crippen LogP contribution is -2.21. The number of aromatic nitrogens is 2.